The average Bonchev–Trinajstić information content (AvgIpc) is 2.69. The molecule has 2 rings (SSSR count). The zero-order valence-electron chi connectivity index (χ0n) is 11.1. The predicted molar refractivity (Wildman–Crippen MR) is 67.9 cm³/mol. The van der Waals surface area contributed by atoms with E-state index >= 15 is 0 Å². The Morgan fingerprint density at radius 1 is 1.50 bits per heavy atom. The van der Waals surface area contributed by atoms with Crippen molar-refractivity contribution in [3.05, 3.63) is 0 Å². The smallest absolute Gasteiger partial charge is 0.317 e. The minimum atomic E-state index is -0.415. The van der Waals surface area contributed by atoms with Gasteiger partial charge in [0.1, 0.15) is 0 Å². The van der Waals surface area contributed by atoms with Crippen LogP contribution in [0.3, 0.4) is 0 Å². The van der Waals surface area contributed by atoms with Crippen LogP contribution in [-0.4, -0.2) is 60.0 Å². The van der Waals surface area contributed by atoms with Crippen LogP contribution in [0, 0.1) is 5.92 Å². The van der Waals surface area contributed by atoms with E-state index in [-0.39, 0.29) is 18.0 Å². The second-order valence-corrected chi connectivity index (χ2v) is 5.55. The number of carbonyl (C=O) groups is 2. The predicted octanol–water partition coefficient (Wildman–Crippen LogP) is -0.404. The molecule has 3 N–H and O–H groups in total. The molecule has 2 atom stereocenters. The molecule has 2 aliphatic rings. The summed E-state index contributed by atoms with van der Waals surface area (Å²) in [5, 5.41) is 2.80. The van der Waals surface area contributed by atoms with Crippen LogP contribution in [0.2, 0.25) is 0 Å². The number of rotatable bonds is 3. The van der Waals surface area contributed by atoms with Gasteiger partial charge in [-0.05, 0) is 12.3 Å². The van der Waals surface area contributed by atoms with Crippen LogP contribution in [0.25, 0.3) is 0 Å². The quantitative estimate of drug-likeness (QED) is 0.719. The van der Waals surface area contributed by atoms with Crippen molar-refractivity contribution in [2.75, 3.05) is 26.2 Å². The van der Waals surface area contributed by atoms with Crippen LogP contribution < -0.4 is 11.1 Å². The summed E-state index contributed by atoms with van der Waals surface area (Å²) in [6, 6.07) is -0.318. The van der Waals surface area contributed by atoms with Gasteiger partial charge in [0.05, 0.1) is 12.1 Å². The number of nitrogens with zero attached hydrogens (tertiary/aromatic N) is 2. The van der Waals surface area contributed by atoms with E-state index in [0.717, 1.165) is 0 Å². The Bertz CT molecular complexity index is 345. The van der Waals surface area contributed by atoms with Crippen molar-refractivity contribution in [3.8, 4) is 0 Å². The van der Waals surface area contributed by atoms with Crippen LogP contribution in [-0.2, 0) is 4.79 Å². The molecule has 0 radical (unpaired) electrons. The Hall–Kier alpha value is -1.30. The molecule has 0 aliphatic carbocycles. The first-order valence-electron chi connectivity index (χ1n) is 6.58. The van der Waals surface area contributed by atoms with E-state index < -0.39 is 6.04 Å². The molecule has 2 unspecified atom stereocenters. The summed E-state index contributed by atoms with van der Waals surface area (Å²) in [5.41, 5.74) is 5.93. The highest BCUT2D eigenvalue weighted by atomic mass is 16.2. The van der Waals surface area contributed by atoms with E-state index in [1.165, 1.54) is 0 Å². The summed E-state index contributed by atoms with van der Waals surface area (Å²) in [5.74, 6) is 0.433. The Balaban J connectivity index is 1.91. The van der Waals surface area contributed by atoms with E-state index in [1.54, 1.807) is 9.80 Å². The van der Waals surface area contributed by atoms with Gasteiger partial charge in [-0.25, -0.2) is 4.79 Å². The van der Waals surface area contributed by atoms with E-state index in [9.17, 15) is 9.59 Å². The molecule has 2 fully saturated rings. The molecular weight excluding hydrogens is 232 g/mol. The number of piperazine rings is 1. The van der Waals surface area contributed by atoms with Gasteiger partial charge in [-0.15, -0.1) is 0 Å². The molecule has 6 heteroatoms. The highest BCUT2D eigenvalue weighted by Gasteiger charge is 2.37. The number of hydrogen-bond donors (Lipinski definition) is 2. The minimum Gasteiger partial charge on any atom is -0.337 e. The molecule has 18 heavy (non-hydrogen) atoms. The van der Waals surface area contributed by atoms with E-state index in [4.69, 9.17) is 5.73 Å². The number of hydrogen-bond acceptors (Lipinski definition) is 3. The molecule has 0 aromatic heterocycles. The zero-order chi connectivity index (χ0) is 13.3. The highest BCUT2D eigenvalue weighted by Crippen LogP contribution is 2.15. The Kier molecular flexibility index (Phi) is 3.75. The first-order valence-corrected chi connectivity index (χ1v) is 6.58. The first-order chi connectivity index (χ1) is 8.49. The third-order valence-corrected chi connectivity index (χ3v) is 3.59. The maximum atomic E-state index is 12.2. The lowest BCUT2D eigenvalue weighted by Crippen LogP contribution is -2.57. The number of nitrogens with two attached hydrogens (primary N) is 1. The Morgan fingerprint density at radius 2 is 2.22 bits per heavy atom. The zero-order valence-corrected chi connectivity index (χ0v) is 11.1. The fourth-order valence-electron chi connectivity index (χ4n) is 2.65. The summed E-state index contributed by atoms with van der Waals surface area (Å²) >= 11 is 0. The van der Waals surface area contributed by atoms with Crippen molar-refractivity contribution in [2.24, 2.45) is 11.7 Å². The van der Waals surface area contributed by atoms with Gasteiger partial charge in [-0.2, -0.15) is 0 Å². The maximum Gasteiger partial charge on any atom is 0.317 e. The molecular formula is C12H22N4O2. The van der Waals surface area contributed by atoms with E-state index in [0.29, 0.717) is 38.5 Å². The second kappa shape index (κ2) is 5.14. The number of fused-ring (bicyclic) bond motifs is 1. The Labute approximate surface area is 107 Å². The lowest BCUT2D eigenvalue weighted by Gasteiger charge is -2.37. The topological polar surface area (TPSA) is 78.7 Å². The lowest BCUT2D eigenvalue weighted by atomic mass is 10.0. The number of amides is 3. The molecule has 3 amide bonds. The summed E-state index contributed by atoms with van der Waals surface area (Å²) in [4.78, 5) is 27.2. The summed E-state index contributed by atoms with van der Waals surface area (Å²) < 4.78 is 0. The molecule has 0 saturated carbocycles. The third kappa shape index (κ3) is 2.58. The van der Waals surface area contributed by atoms with Crippen molar-refractivity contribution < 1.29 is 9.59 Å². The largest absolute Gasteiger partial charge is 0.337 e. The fourth-order valence-corrected chi connectivity index (χ4v) is 2.65. The van der Waals surface area contributed by atoms with Gasteiger partial charge in [-0.1, -0.05) is 13.8 Å². The molecule has 6 nitrogen and oxygen atoms in total. The molecule has 102 valence electrons. The van der Waals surface area contributed by atoms with Crippen molar-refractivity contribution >= 4 is 11.9 Å². The van der Waals surface area contributed by atoms with Crippen LogP contribution >= 0.6 is 0 Å². The molecule has 2 aliphatic heterocycles. The highest BCUT2D eigenvalue weighted by molar-refractivity contribution is 5.83. The fraction of sp³-hybridized carbons (Fsp3) is 0.833. The van der Waals surface area contributed by atoms with Gasteiger partial charge in [0, 0.05) is 26.2 Å². The first kappa shape index (κ1) is 13.1. The Morgan fingerprint density at radius 3 is 2.89 bits per heavy atom. The van der Waals surface area contributed by atoms with Crippen molar-refractivity contribution in [1.29, 1.82) is 0 Å². The standard InChI is InChI=1S/C12H22N4O2/c1-8(2)5-10(13)11(17)15-3-4-16-9(7-15)6-14-12(16)18/h8-10H,3-7,13H2,1-2H3,(H,14,18). The summed E-state index contributed by atoms with van der Waals surface area (Å²) in [6.45, 7) is 6.55. The molecule has 2 heterocycles. The monoisotopic (exact) mass is 254 g/mol. The van der Waals surface area contributed by atoms with Gasteiger partial charge in [0.25, 0.3) is 0 Å². The minimum absolute atomic E-state index is 0.0152. The van der Waals surface area contributed by atoms with Crippen molar-refractivity contribution in [1.82, 2.24) is 15.1 Å². The molecule has 0 spiro atoms. The normalized spacial score (nSPS) is 25.1. The van der Waals surface area contributed by atoms with Gasteiger partial charge in [0.15, 0.2) is 0 Å². The summed E-state index contributed by atoms with van der Waals surface area (Å²) in [7, 11) is 0. The lowest BCUT2D eigenvalue weighted by molar-refractivity contribution is -0.135. The molecule has 0 bridgehead atoms. The van der Waals surface area contributed by atoms with Gasteiger partial charge in [0.2, 0.25) is 5.91 Å². The van der Waals surface area contributed by atoms with Crippen LogP contribution in [0.1, 0.15) is 20.3 Å². The average molecular weight is 254 g/mol. The van der Waals surface area contributed by atoms with E-state index in [2.05, 4.69) is 19.2 Å². The number of carbonyl (C=O) groups excluding carboxylic acids is 2. The maximum absolute atomic E-state index is 12.2. The van der Waals surface area contributed by atoms with Gasteiger partial charge < -0.3 is 20.9 Å². The second-order valence-electron chi connectivity index (χ2n) is 5.55. The van der Waals surface area contributed by atoms with Crippen LogP contribution in [0.4, 0.5) is 4.79 Å². The van der Waals surface area contributed by atoms with Gasteiger partial charge in [-0.3, -0.25) is 4.79 Å². The number of nitrogens with one attached hydrogen (secondary N) is 1. The number of urea groups is 1. The van der Waals surface area contributed by atoms with E-state index in [1.807, 2.05) is 0 Å². The third-order valence-electron chi connectivity index (χ3n) is 3.59. The van der Waals surface area contributed by atoms with Crippen LogP contribution in [0.5, 0.6) is 0 Å². The van der Waals surface area contributed by atoms with Crippen molar-refractivity contribution in [3.63, 3.8) is 0 Å². The SMILES string of the molecule is CC(C)CC(N)C(=O)N1CCN2C(=O)NCC2C1. The molecule has 0 aromatic carbocycles. The van der Waals surface area contributed by atoms with Crippen LogP contribution in [0.15, 0.2) is 0 Å². The van der Waals surface area contributed by atoms with Gasteiger partial charge >= 0.3 is 6.03 Å². The molecule has 0 aromatic rings. The molecule has 2 saturated heterocycles. The summed E-state index contributed by atoms with van der Waals surface area (Å²) in [6.07, 6.45) is 0.709. The van der Waals surface area contributed by atoms with Crippen molar-refractivity contribution in [2.45, 2.75) is 32.4 Å².